The zero-order valence-corrected chi connectivity index (χ0v) is 26.5. The second-order valence-electron chi connectivity index (χ2n) is 12.0. The van der Waals surface area contributed by atoms with Gasteiger partial charge in [-0.1, -0.05) is 38.3 Å². The van der Waals surface area contributed by atoms with Crippen molar-refractivity contribution in [3.63, 3.8) is 0 Å². The standard InChI is InChI=1S/C34H41FN6O5/c1-4-5-16-46-34(43)38-26-11-7-6-10-25(26)37-32-30(35)24-20-40(19-21-13-14-22(44-2)17-28(21)45-3)33(42)29(24)31(39-32)23-18-36-41-15-9-8-12-27(23)41/h8-9,12-15,17-18,23,25-27H,4-7,10-11,16,19-20H2,1-3H3,(H,37,39)(H,38,43)/t23?,25-,26+,27?/m1/s1. The fourth-order valence-electron chi connectivity index (χ4n) is 6.62. The van der Waals surface area contributed by atoms with E-state index < -0.39 is 11.9 Å². The van der Waals surface area contributed by atoms with Crippen LogP contribution in [0.2, 0.25) is 0 Å². The van der Waals surface area contributed by atoms with Crippen LogP contribution in [0.5, 0.6) is 11.5 Å². The Balaban J connectivity index is 1.32. The Hall–Kier alpha value is -4.61. The largest absolute Gasteiger partial charge is 0.497 e. The molecule has 1 aliphatic carbocycles. The molecule has 0 radical (unpaired) electrons. The lowest BCUT2D eigenvalue weighted by Crippen LogP contribution is -2.49. The lowest BCUT2D eigenvalue weighted by molar-refractivity contribution is 0.0764. The van der Waals surface area contributed by atoms with Gasteiger partial charge in [-0.05, 0) is 37.5 Å². The highest BCUT2D eigenvalue weighted by Crippen LogP contribution is 2.40. The highest BCUT2D eigenvalue weighted by Gasteiger charge is 2.42. The molecule has 1 fully saturated rings. The van der Waals surface area contributed by atoms with Crippen LogP contribution in [0.3, 0.4) is 0 Å². The molecule has 6 rings (SSSR count). The van der Waals surface area contributed by atoms with Crippen molar-refractivity contribution in [3.05, 3.63) is 70.8 Å². The smallest absolute Gasteiger partial charge is 0.407 e. The molecule has 3 aliphatic heterocycles. The summed E-state index contributed by atoms with van der Waals surface area (Å²) >= 11 is 0. The van der Waals surface area contributed by atoms with Crippen LogP contribution in [-0.2, 0) is 17.8 Å². The summed E-state index contributed by atoms with van der Waals surface area (Å²) in [5, 5.41) is 12.7. The molecule has 46 heavy (non-hydrogen) atoms. The number of allylic oxidation sites excluding steroid dienone is 2. The highest BCUT2D eigenvalue weighted by molar-refractivity contribution is 6.01. The summed E-state index contributed by atoms with van der Waals surface area (Å²) in [6, 6.07) is 4.71. The van der Waals surface area contributed by atoms with Crippen molar-refractivity contribution in [2.75, 3.05) is 26.1 Å². The molecule has 11 nitrogen and oxygen atoms in total. The van der Waals surface area contributed by atoms with Gasteiger partial charge in [-0.25, -0.2) is 14.2 Å². The van der Waals surface area contributed by atoms with Crippen LogP contribution in [-0.4, -0.2) is 72.1 Å². The summed E-state index contributed by atoms with van der Waals surface area (Å²) in [4.78, 5) is 33.1. The number of hydrogen-bond donors (Lipinski definition) is 2. The minimum atomic E-state index is -0.558. The van der Waals surface area contributed by atoms with Gasteiger partial charge in [-0.15, -0.1) is 0 Å². The summed E-state index contributed by atoms with van der Waals surface area (Å²) in [5.41, 5.74) is 1.82. The number of pyridine rings is 1. The number of nitrogens with one attached hydrogen (secondary N) is 2. The van der Waals surface area contributed by atoms with Crippen molar-refractivity contribution < 1.29 is 28.2 Å². The van der Waals surface area contributed by atoms with Crippen LogP contribution < -0.4 is 20.1 Å². The van der Waals surface area contributed by atoms with Gasteiger partial charge in [0.25, 0.3) is 5.91 Å². The van der Waals surface area contributed by atoms with E-state index in [0.717, 1.165) is 44.1 Å². The fraction of sp³-hybridized carbons (Fsp3) is 0.471. The number of aromatic nitrogens is 1. The van der Waals surface area contributed by atoms with Crippen LogP contribution in [0.25, 0.3) is 0 Å². The van der Waals surface area contributed by atoms with E-state index in [1.165, 1.54) is 0 Å². The number of nitrogens with zero attached hydrogens (tertiary/aromatic N) is 4. The molecule has 2 amide bonds. The number of carbonyl (C=O) groups is 2. The third-order valence-corrected chi connectivity index (χ3v) is 9.10. The van der Waals surface area contributed by atoms with Gasteiger partial charge in [0.2, 0.25) is 0 Å². The molecule has 244 valence electrons. The van der Waals surface area contributed by atoms with Crippen LogP contribution >= 0.6 is 0 Å². The number of halogens is 1. The predicted octanol–water partition coefficient (Wildman–Crippen LogP) is 5.48. The Kier molecular flexibility index (Phi) is 9.41. The van der Waals surface area contributed by atoms with Crippen molar-refractivity contribution in [2.45, 2.75) is 82.6 Å². The van der Waals surface area contributed by atoms with Gasteiger partial charge in [0.05, 0.1) is 56.6 Å². The Morgan fingerprint density at radius 3 is 2.74 bits per heavy atom. The van der Waals surface area contributed by atoms with Gasteiger partial charge in [0.1, 0.15) is 11.5 Å². The fourth-order valence-corrected chi connectivity index (χ4v) is 6.62. The molecular formula is C34H41FN6O5. The molecule has 0 saturated heterocycles. The van der Waals surface area contributed by atoms with E-state index in [1.807, 2.05) is 48.5 Å². The Bertz CT molecular complexity index is 1560. The van der Waals surface area contributed by atoms with Gasteiger partial charge in [0, 0.05) is 42.2 Å². The van der Waals surface area contributed by atoms with Crippen molar-refractivity contribution in [3.8, 4) is 11.5 Å². The lowest BCUT2D eigenvalue weighted by Gasteiger charge is -2.33. The molecule has 4 atom stereocenters. The van der Waals surface area contributed by atoms with Gasteiger partial charge < -0.3 is 29.7 Å². The summed E-state index contributed by atoms with van der Waals surface area (Å²) in [5.74, 6) is 0.0577. The number of hydrazone groups is 1. The van der Waals surface area contributed by atoms with E-state index in [-0.39, 0.29) is 54.4 Å². The molecule has 2 N–H and O–H groups in total. The van der Waals surface area contributed by atoms with Gasteiger partial charge in [-0.2, -0.15) is 5.10 Å². The number of amides is 2. The Labute approximate surface area is 268 Å². The van der Waals surface area contributed by atoms with Gasteiger partial charge >= 0.3 is 6.09 Å². The number of anilines is 1. The molecule has 0 spiro atoms. The number of ether oxygens (including phenoxy) is 3. The number of benzene rings is 1. The number of carbonyl (C=O) groups excluding carboxylic acids is 2. The molecule has 0 bridgehead atoms. The number of fused-ring (bicyclic) bond motifs is 2. The number of unbranched alkanes of at least 4 members (excludes halogenated alkanes) is 1. The average molecular weight is 633 g/mol. The van der Waals surface area contributed by atoms with E-state index in [1.54, 1.807) is 31.4 Å². The molecular weight excluding hydrogens is 591 g/mol. The first-order valence-electron chi connectivity index (χ1n) is 16.0. The Morgan fingerprint density at radius 2 is 1.96 bits per heavy atom. The maximum atomic E-state index is 16.5. The van der Waals surface area contributed by atoms with E-state index in [4.69, 9.17) is 19.2 Å². The normalized spacial score (nSPS) is 22.9. The number of rotatable bonds is 11. The van der Waals surface area contributed by atoms with Crippen LogP contribution in [0.4, 0.5) is 15.0 Å². The molecule has 1 aromatic heterocycles. The molecule has 1 aromatic carbocycles. The second-order valence-corrected chi connectivity index (χ2v) is 12.0. The van der Waals surface area contributed by atoms with Crippen LogP contribution in [0.1, 0.15) is 78.5 Å². The van der Waals surface area contributed by atoms with E-state index >= 15 is 4.39 Å². The second kappa shape index (κ2) is 13.8. The first-order chi connectivity index (χ1) is 22.4. The first kappa shape index (κ1) is 31.4. The topological polar surface area (TPSA) is 118 Å². The monoisotopic (exact) mass is 632 g/mol. The third-order valence-electron chi connectivity index (χ3n) is 9.10. The zero-order valence-electron chi connectivity index (χ0n) is 26.5. The zero-order chi connectivity index (χ0) is 32.2. The molecule has 4 heterocycles. The first-order valence-corrected chi connectivity index (χ1v) is 16.0. The molecule has 4 aliphatic rings. The summed E-state index contributed by atoms with van der Waals surface area (Å²) < 4.78 is 32.8. The number of hydrogen-bond acceptors (Lipinski definition) is 9. The van der Waals surface area contributed by atoms with Crippen molar-refractivity contribution >= 4 is 24.0 Å². The minimum absolute atomic E-state index is 0.0729. The predicted molar refractivity (Wildman–Crippen MR) is 172 cm³/mol. The van der Waals surface area contributed by atoms with Crippen LogP contribution in [0.15, 0.2) is 47.7 Å². The van der Waals surface area contributed by atoms with E-state index in [2.05, 4.69) is 15.7 Å². The lowest BCUT2D eigenvalue weighted by atomic mass is 9.89. The summed E-state index contributed by atoms with van der Waals surface area (Å²) in [6.45, 7) is 2.68. The number of methoxy groups -OCH3 is 2. The van der Waals surface area contributed by atoms with Gasteiger partial charge in [-0.3, -0.25) is 9.80 Å². The third kappa shape index (κ3) is 6.25. The highest BCUT2D eigenvalue weighted by atomic mass is 19.1. The van der Waals surface area contributed by atoms with Crippen molar-refractivity contribution in [2.24, 2.45) is 5.10 Å². The van der Waals surface area contributed by atoms with E-state index in [0.29, 0.717) is 29.4 Å². The quantitative estimate of drug-likeness (QED) is 0.313. The average Bonchev–Trinajstić information content (AvgIpc) is 3.65. The summed E-state index contributed by atoms with van der Waals surface area (Å²) in [7, 11) is 3.14. The molecule has 2 unspecified atom stereocenters. The van der Waals surface area contributed by atoms with E-state index in [9.17, 15) is 9.59 Å². The maximum Gasteiger partial charge on any atom is 0.407 e. The minimum Gasteiger partial charge on any atom is -0.497 e. The Morgan fingerprint density at radius 1 is 1.13 bits per heavy atom. The van der Waals surface area contributed by atoms with Crippen molar-refractivity contribution in [1.29, 1.82) is 0 Å². The molecule has 2 aromatic rings. The number of alkyl carbamates (subject to hydrolysis) is 1. The molecule has 12 heteroatoms. The summed E-state index contributed by atoms with van der Waals surface area (Å²) in [6.07, 6.45) is 14.1. The van der Waals surface area contributed by atoms with Crippen molar-refractivity contribution in [1.82, 2.24) is 20.2 Å². The van der Waals surface area contributed by atoms with Gasteiger partial charge in [0.15, 0.2) is 11.6 Å². The van der Waals surface area contributed by atoms with Crippen LogP contribution in [0, 0.1) is 5.82 Å². The molecule has 1 saturated carbocycles. The maximum absolute atomic E-state index is 16.5. The SMILES string of the molecule is CCCCOC(=O)N[C@H]1CCCC[C@H]1Nc1nc(C2C=NN3C=CC=CC23)c2c(c1F)CN(Cc1ccc(OC)cc1OC)C2=O.